The van der Waals surface area contributed by atoms with E-state index in [4.69, 9.17) is 9.47 Å². The van der Waals surface area contributed by atoms with Crippen LogP contribution in [0.5, 0.6) is 11.5 Å². The molecule has 1 heterocycles. The van der Waals surface area contributed by atoms with Gasteiger partial charge in [0.25, 0.3) is 5.91 Å². The second kappa shape index (κ2) is 9.56. The lowest BCUT2D eigenvalue weighted by Crippen LogP contribution is -2.30. The van der Waals surface area contributed by atoms with E-state index in [0.717, 1.165) is 11.8 Å². The van der Waals surface area contributed by atoms with Gasteiger partial charge in [-0.2, -0.15) is 0 Å². The summed E-state index contributed by atoms with van der Waals surface area (Å²) in [6.45, 7) is 1.82. The predicted molar refractivity (Wildman–Crippen MR) is 129 cm³/mol. The Morgan fingerprint density at radius 3 is 2.32 bits per heavy atom. The van der Waals surface area contributed by atoms with Crippen molar-refractivity contribution in [1.82, 2.24) is 0 Å². The van der Waals surface area contributed by atoms with E-state index >= 15 is 0 Å². The minimum Gasteiger partial charge on any atom is -0.457 e. The van der Waals surface area contributed by atoms with Crippen LogP contribution in [0.3, 0.4) is 0 Å². The molecular formula is C25H24N2O6S. The number of rotatable bonds is 7. The number of ether oxygens (including phenoxy) is 2. The lowest BCUT2D eigenvalue weighted by molar-refractivity contribution is -0.123. The summed E-state index contributed by atoms with van der Waals surface area (Å²) in [5.41, 5.74) is 2.10. The molecule has 0 aliphatic carbocycles. The van der Waals surface area contributed by atoms with Crippen molar-refractivity contribution in [1.29, 1.82) is 0 Å². The molecular weight excluding hydrogens is 456 g/mol. The first kappa shape index (κ1) is 23.3. The molecule has 1 N–H and O–H groups in total. The van der Waals surface area contributed by atoms with E-state index in [1.165, 1.54) is 17.3 Å². The van der Waals surface area contributed by atoms with Crippen LogP contribution in [0.2, 0.25) is 0 Å². The van der Waals surface area contributed by atoms with E-state index < -0.39 is 28.0 Å². The van der Waals surface area contributed by atoms with E-state index in [9.17, 15) is 18.0 Å². The summed E-state index contributed by atoms with van der Waals surface area (Å²) in [6, 6.07) is 20.9. The Hall–Kier alpha value is -3.85. The summed E-state index contributed by atoms with van der Waals surface area (Å²) in [5.74, 6) is 0.189. The first-order chi connectivity index (χ1) is 16.2. The molecule has 0 radical (unpaired) electrons. The molecule has 3 aromatic rings. The number of esters is 1. The standard InChI is InChI=1S/C25H24N2O6S/c1-17(24(28)26-20-9-11-22(12-10-20)33-21-6-4-3-5-7-21)32-25(29)19-8-13-23-18(16-19)14-15-27(23)34(2,30)31/h3-13,16-17H,14-15H2,1-2H3,(H,26,28). The number of para-hydroxylation sites is 1. The van der Waals surface area contributed by atoms with Crippen molar-refractivity contribution in [3.63, 3.8) is 0 Å². The maximum Gasteiger partial charge on any atom is 0.338 e. The molecule has 34 heavy (non-hydrogen) atoms. The Bertz CT molecular complexity index is 1310. The number of fused-ring (bicyclic) bond motifs is 1. The number of nitrogens with zero attached hydrogens (tertiary/aromatic N) is 1. The molecule has 9 heteroatoms. The van der Waals surface area contributed by atoms with Crippen molar-refractivity contribution in [2.24, 2.45) is 0 Å². The Kier molecular flexibility index (Phi) is 6.56. The molecule has 0 saturated heterocycles. The summed E-state index contributed by atoms with van der Waals surface area (Å²) in [6.07, 6.45) is 0.617. The lowest BCUT2D eigenvalue weighted by Gasteiger charge is -2.17. The number of nitrogens with one attached hydrogen (secondary N) is 1. The van der Waals surface area contributed by atoms with Crippen molar-refractivity contribution >= 4 is 33.3 Å². The highest BCUT2D eigenvalue weighted by Gasteiger charge is 2.27. The molecule has 0 fully saturated rings. The van der Waals surface area contributed by atoms with Gasteiger partial charge in [0.2, 0.25) is 10.0 Å². The SMILES string of the molecule is CC(OC(=O)c1ccc2c(c1)CCN2S(C)(=O)=O)C(=O)Nc1ccc(Oc2ccccc2)cc1. The summed E-state index contributed by atoms with van der Waals surface area (Å²) < 4.78 is 36.1. The molecule has 1 atom stereocenters. The number of carbonyl (C=O) groups is 2. The van der Waals surface area contributed by atoms with Gasteiger partial charge in [-0.1, -0.05) is 18.2 Å². The van der Waals surface area contributed by atoms with Crippen molar-refractivity contribution in [3.05, 3.63) is 83.9 Å². The summed E-state index contributed by atoms with van der Waals surface area (Å²) in [7, 11) is -3.37. The molecule has 1 amide bonds. The van der Waals surface area contributed by atoms with Gasteiger partial charge in [-0.3, -0.25) is 9.10 Å². The molecule has 1 aliphatic heterocycles. The smallest absolute Gasteiger partial charge is 0.338 e. The number of hydrogen-bond donors (Lipinski definition) is 1. The second-order valence-electron chi connectivity index (χ2n) is 7.90. The molecule has 176 valence electrons. The van der Waals surface area contributed by atoms with Gasteiger partial charge in [0.1, 0.15) is 11.5 Å². The Labute approximate surface area is 198 Å². The highest BCUT2D eigenvalue weighted by atomic mass is 32.2. The van der Waals surface area contributed by atoms with Gasteiger partial charge in [0.05, 0.1) is 17.5 Å². The fraction of sp³-hybridized carbons (Fsp3) is 0.200. The van der Waals surface area contributed by atoms with Crippen LogP contribution < -0.4 is 14.4 Å². The fourth-order valence-electron chi connectivity index (χ4n) is 3.60. The van der Waals surface area contributed by atoms with Gasteiger partial charge in [-0.25, -0.2) is 13.2 Å². The van der Waals surface area contributed by atoms with Gasteiger partial charge < -0.3 is 14.8 Å². The number of benzene rings is 3. The molecule has 1 unspecified atom stereocenters. The minimum absolute atomic E-state index is 0.260. The van der Waals surface area contributed by atoms with Crippen LogP contribution in [0.25, 0.3) is 0 Å². The quantitative estimate of drug-likeness (QED) is 0.513. The Morgan fingerprint density at radius 2 is 1.65 bits per heavy atom. The van der Waals surface area contributed by atoms with Crippen molar-refractivity contribution in [3.8, 4) is 11.5 Å². The van der Waals surface area contributed by atoms with E-state index in [0.29, 0.717) is 35.8 Å². The minimum atomic E-state index is -3.37. The third-order valence-electron chi connectivity index (χ3n) is 5.32. The van der Waals surface area contributed by atoms with Gasteiger partial charge in [-0.15, -0.1) is 0 Å². The predicted octanol–water partition coefficient (Wildman–Crippen LogP) is 3.99. The third kappa shape index (κ3) is 5.37. The summed E-state index contributed by atoms with van der Waals surface area (Å²) >= 11 is 0. The van der Waals surface area contributed by atoms with Crippen molar-refractivity contribution < 1.29 is 27.5 Å². The first-order valence-electron chi connectivity index (χ1n) is 10.7. The molecule has 0 spiro atoms. The second-order valence-corrected chi connectivity index (χ2v) is 9.81. The molecule has 4 rings (SSSR count). The van der Waals surface area contributed by atoms with Crippen LogP contribution in [0.15, 0.2) is 72.8 Å². The van der Waals surface area contributed by atoms with Gasteiger partial charge >= 0.3 is 5.97 Å². The topological polar surface area (TPSA) is 102 Å². The lowest BCUT2D eigenvalue weighted by atomic mass is 10.1. The monoisotopic (exact) mass is 480 g/mol. The number of anilines is 2. The highest BCUT2D eigenvalue weighted by Crippen LogP contribution is 2.31. The Morgan fingerprint density at radius 1 is 0.971 bits per heavy atom. The van der Waals surface area contributed by atoms with Crippen LogP contribution in [0.1, 0.15) is 22.8 Å². The van der Waals surface area contributed by atoms with Gasteiger partial charge in [0.15, 0.2) is 6.10 Å². The van der Waals surface area contributed by atoms with Crippen LogP contribution in [-0.4, -0.2) is 39.2 Å². The molecule has 0 aromatic heterocycles. The highest BCUT2D eigenvalue weighted by molar-refractivity contribution is 7.92. The molecule has 8 nitrogen and oxygen atoms in total. The van der Waals surface area contributed by atoms with Crippen LogP contribution in [0.4, 0.5) is 11.4 Å². The zero-order chi connectivity index (χ0) is 24.3. The fourth-order valence-corrected chi connectivity index (χ4v) is 4.56. The van der Waals surface area contributed by atoms with Crippen molar-refractivity contribution in [2.75, 3.05) is 22.4 Å². The molecule has 1 aliphatic rings. The number of amides is 1. The number of hydrogen-bond acceptors (Lipinski definition) is 6. The summed E-state index contributed by atoms with van der Waals surface area (Å²) in [5, 5.41) is 2.71. The number of sulfonamides is 1. The first-order valence-corrected chi connectivity index (χ1v) is 12.5. The van der Waals surface area contributed by atoms with Gasteiger partial charge in [0, 0.05) is 12.2 Å². The van der Waals surface area contributed by atoms with E-state index in [-0.39, 0.29) is 5.56 Å². The van der Waals surface area contributed by atoms with Crippen LogP contribution >= 0.6 is 0 Å². The summed E-state index contributed by atoms with van der Waals surface area (Å²) in [4.78, 5) is 25.1. The maximum atomic E-state index is 12.6. The number of carbonyl (C=O) groups excluding carboxylic acids is 2. The molecule has 0 bridgehead atoms. The average Bonchev–Trinajstić information content (AvgIpc) is 3.25. The largest absolute Gasteiger partial charge is 0.457 e. The zero-order valence-electron chi connectivity index (χ0n) is 18.7. The van der Waals surface area contributed by atoms with Gasteiger partial charge in [-0.05, 0) is 73.5 Å². The average molecular weight is 481 g/mol. The zero-order valence-corrected chi connectivity index (χ0v) is 19.5. The maximum absolute atomic E-state index is 12.6. The Balaban J connectivity index is 1.34. The third-order valence-corrected chi connectivity index (χ3v) is 6.50. The molecule has 0 saturated carbocycles. The normalized spacial score (nSPS) is 13.6. The van der Waals surface area contributed by atoms with Crippen molar-refractivity contribution in [2.45, 2.75) is 19.4 Å². The van der Waals surface area contributed by atoms with Crippen LogP contribution in [0, 0.1) is 0 Å². The van der Waals surface area contributed by atoms with E-state index in [1.807, 2.05) is 30.3 Å². The van der Waals surface area contributed by atoms with E-state index in [1.54, 1.807) is 36.4 Å². The van der Waals surface area contributed by atoms with E-state index in [2.05, 4.69) is 5.32 Å². The molecule has 3 aromatic carbocycles. The van der Waals surface area contributed by atoms with Crippen LogP contribution in [-0.2, 0) is 26.0 Å².